The van der Waals surface area contributed by atoms with Crippen molar-refractivity contribution in [1.82, 2.24) is 0 Å². The second-order valence-electron chi connectivity index (χ2n) is 1.87. The van der Waals surface area contributed by atoms with Gasteiger partial charge in [-0.3, -0.25) is 0 Å². The van der Waals surface area contributed by atoms with Crippen molar-refractivity contribution in [3.05, 3.63) is 0 Å². The number of nitrogens with one attached hydrogen (secondary N) is 1. The summed E-state index contributed by atoms with van der Waals surface area (Å²) in [7, 11) is 0. The lowest BCUT2D eigenvalue weighted by molar-refractivity contribution is -1.41. The minimum absolute atomic E-state index is 0.417. The van der Waals surface area contributed by atoms with Crippen LogP contribution in [0.15, 0.2) is 0 Å². The normalized spacial score (nSPS) is 9.00. The number of hydrogen-bond acceptors (Lipinski definition) is 2. The molecule has 0 saturated carbocycles. The highest BCUT2D eigenvalue weighted by Crippen LogP contribution is 1.45. The molecular formula is C6H16ClNO2. The van der Waals surface area contributed by atoms with Crippen LogP contribution in [-0.4, -0.2) is 19.6 Å². The van der Waals surface area contributed by atoms with Crippen molar-refractivity contribution in [1.29, 1.82) is 0 Å². The predicted molar refractivity (Wildman–Crippen MR) is 32.6 cm³/mol. The lowest BCUT2D eigenvalue weighted by Crippen LogP contribution is -3.11. The molecule has 64 valence electrons. The van der Waals surface area contributed by atoms with Gasteiger partial charge in [-0.25, -0.2) is 0 Å². The summed E-state index contributed by atoms with van der Waals surface area (Å²) in [6, 6.07) is 0. The van der Waals surface area contributed by atoms with Crippen LogP contribution in [0.5, 0.6) is 0 Å². The molecule has 10 heavy (non-hydrogen) atoms. The van der Waals surface area contributed by atoms with E-state index in [1.807, 2.05) is 0 Å². The van der Waals surface area contributed by atoms with Gasteiger partial charge >= 0.3 is 0 Å². The van der Waals surface area contributed by atoms with Crippen LogP contribution in [-0.2, 0) is 0 Å². The summed E-state index contributed by atoms with van der Waals surface area (Å²) in [6.07, 6.45) is 0. The molecule has 1 N–H and O–H groups in total. The highest BCUT2D eigenvalue weighted by Gasteiger charge is 1.92. The number of halogens is 1. The summed E-state index contributed by atoms with van der Waals surface area (Å²) < 4.78 is 16.5. The molecule has 0 saturated heterocycles. The predicted octanol–water partition coefficient (Wildman–Crippen LogP) is -2.45. The van der Waals surface area contributed by atoms with Gasteiger partial charge < -0.3 is 14.2 Å². The smallest absolute Gasteiger partial charge is 0.0878 e. The van der Waals surface area contributed by atoms with Gasteiger partial charge in [-0.05, 0) is 20.8 Å². The molecule has 0 aliphatic carbocycles. The summed E-state index contributed by atoms with van der Waals surface area (Å²) in [5, 5.41) is 0. The van der Waals surface area contributed by atoms with E-state index in [0.29, 0.717) is 0 Å². The molecule has 0 radical (unpaired) electrons. The molecule has 4 heteroatoms. The average Bonchev–Trinajstić information content (AvgIpc) is 1.93. The van der Waals surface area contributed by atoms with Gasteiger partial charge in [0.1, 0.15) is 0 Å². The van der Waals surface area contributed by atoms with Gasteiger partial charge in [0.15, 0.2) is 0 Å². The Bertz CT molecular complexity index is 45.5. The van der Waals surface area contributed by atoms with Gasteiger partial charge in [0.25, 0.3) is 0 Å². The van der Waals surface area contributed by atoms with Crippen LogP contribution < -0.4 is 14.2 Å². The minimum atomic E-state index is -0.417. The van der Waals surface area contributed by atoms with Crippen LogP contribution in [0.4, 0.5) is 0 Å². The summed E-state index contributed by atoms with van der Waals surface area (Å²) in [4.78, 5) is 1.68. The molecule has 3 nitrogen and oxygen atoms in total. The number of hydrogen-bond donors (Lipinski definition) is 1. The van der Waals surface area contributed by atoms with Crippen LogP contribution in [0.3, 0.4) is 0 Å². The molecular weight excluding hydrogens is 154 g/mol. The molecule has 0 amide bonds. The fourth-order valence-electron chi connectivity index (χ4n) is 0.750. The fraction of sp³-hybridized carbons (Fsp3) is 1.00. The van der Waals surface area contributed by atoms with Gasteiger partial charge in [0.05, 0.1) is 31.0 Å². The SMILES string of the molecule is CC[NH+](CC)CC.[O-][Cl+][O-]. The largest absolute Gasteiger partial charge is 0.544 e. The zero-order valence-electron chi connectivity index (χ0n) is 6.82. The Labute approximate surface area is 66.7 Å². The molecule has 0 aromatic carbocycles. The molecule has 0 spiro atoms. The molecule has 0 atom stereocenters. The average molecular weight is 170 g/mol. The maximum Gasteiger partial charge on any atom is 0.0878 e. The first kappa shape index (κ1) is 12.8. The monoisotopic (exact) mass is 169 g/mol. The Hall–Kier alpha value is 0.170. The van der Waals surface area contributed by atoms with Crippen molar-refractivity contribution in [2.75, 3.05) is 19.6 Å². The fourth-order valence-corrected chi connectivity index (χ4v) is 0.750. The standard InChI is InChI=1S/C6H15N.ClO2/c1-4-7(5-2)6-3;2-1-3/h4-6H2,1-3H3;/q;-1/p+1. The van der Waals surface area contributed by atoms with E-state index >= 15 is 0 Å². The van der Waals surface area contributed by atoms with E-state index in [1.54, 1.807) is 4.90 Å². The van der Waals surface area contributed by atoms with Crippen molar-refractivity contribution in [2.24, 2.45) is 0 Å². The van der Waals surface area contributed by atoms with Crippen LogP contribution in [0, 0.1) is 11.3 Å². The second kappa shape index (κ2) is 11.9. The Kier molecular flexibility index (Phi) is 15.3. The molecule has 0 aliphatic rings. The Morgan fingerprint density at radius 2 is 1.20 bits per heavy atom. The molecule has 0 fully saturated rings. The zero-order chi connectivity index (χ0) is 8.41. The summed E-state index contributed by atoms with van der Waals surface area (Å²) in [5.41, 5.74) is 0. The number of rotatable bonds is 3. The lowest BCUT2D eigenvalue weighted by atomic mass is 10.5. The maximum atomic E-state index is 8.24. The number of quaternary nitrogens is 1. The molecule has 0 bridgehead atoms. The van der Waals surface area contributed by atoms with Gasteiger partial charge in [-0.1, -0.05) is 0 Å². The third-order valence-corrected chi connectivity index (χ3v) is 1.50. The van der Waals surface area contributed by atoms with Crippen LogP contribution >= 0.6 is 0 Å². The van der Waals surface area contributed by atoms with Gasteiger partial charge in [-0.15, -0.1) is 0 Å². The minimum Gasteiger partial charge on any atom is -0.544 e. The first-order valence-corrected chi connectivity index (χ1v) is 4.11. The van der Waals surface area contributed by atoms with E-state index in [9.17, 15) is 0 Å². The first-order valence-electron chi connectivity index (χ1n) is 3.49. The van der Waals surface area contributed by atoms with E-state index in [1.165, 1.54) is 19.6 Å². The van der Waals surface area contributed by atoms with Crippen LogP contribution in [0.1, 0.15) is 20.8 Å². The van der Waals surface area contributed by atoms with Crippen molar-refractivity contribution in [3.63, 3.8) is 0 Å². The summed E-state index contributed by atoms with van der Waals surface area (Å²) >= 11 is -0.417. The van der Waals surface area contributed by atoms with Crippen molar-refractivity contribution >= 4 is 0 Å². The molecule has 0 rings (SSSR count). The van der Waals surface area contributed by atoms with E-state index in [4.69, 9.17) is 9.32 Å². The topological polar surface area (TPSA) is 50.6 Å². The highest BCUT2D eigenvalue weighted by atomic mass is 35.6. The zero-order valence-corrected chi connectivity index (χ0v) is 7.57. The third-order valence-electron chi connectivity index (χ3n) is 1.50. The second-order valence-corrected chi connectivity index (χ2v) is 2.00. The van der Waals surface area contributed by atoms with E-state index in [2.05, 4.69) is 20.8 Å². The van der Waals surface area contributed by atoms with Gasteiger partial charge in [0.2, 0.25) is 0 Å². The molecule has 0 aliphatic heterocycles. The van der Waals surface area contributed by atoms with Gasteiger partial charge in [-0.2, -0.15) is 0 Å². The molecule has 0 heterocycles. The molecule has 0 aromatic rings. The van der Waals surface area contributed by atoms with E-state index in [-0.39, 0.29) is 0 Å². The summed E-state index contributed by atoms with van der Waals surface area (Å²) in [6.45, 7) is 10.5. The Morgan fingerprint density at radius 1 is 1.00 bits per heavy atom. The van der Waals surface area contributed by atoms with Gasteiger partial charge in [0, 0.05) is 0 Å². The van der Waals surface area contributed by atoms with Crippen molar-refractivity contribution in [3.8, 4) is 0 Å². The molecule has 0 aromatic heterocycles. The third kappa shape index (κ3) is 11.0. The Balaban J connectivity index is 0. The molecule has 0 unspecified atom stereocenters. The highest BCUT2D eigenvalue weighted by molar-refractivity contribution is 4.11. The van der Waals surface area contributed by atoms with Crippen molar-refractivity contribution < 1.29 is 25.5 Å². The van der Waals surface area contributed by atoms with Crippen LogP contribution in [0.2, 0.25) is 0 Å². The van der Waals surface area contributed by atoms with E-state index < -0.39 is 11.3 Å². The maximum absolute atomic E-state index is 8.24. The quantitative estimate of drug-likeness (QED) is 0.510. The van der Waals surface area contributed by atoms with E-state index in [0.717, 1.165) is 0 Å². The Morgan fingerprint density at radius 3 is 1.20 bits per heavy atom. The van der Waals surface area contributed by atoms with Crippen molar-refractivity contribution in [2.45, 2.75) is 20.8 Å². The van der Waals surface area contributed by atoms with Crippen LogP contribution in [0.25, 0.3) is 0 Å². The first-order chi connectivity index (χ1) is 4.76. The lowest BCUT2D eigenvalue weighted by Gasteiger charge is -2.10. The summed E-state index contributed by atoms with van der Waals surface area (Å²) in [5.74, 6) is 0.